The summed E-state index contributed by atoms with van der Waals surface area (Å²) >= 11 is 2.12. The molecule has 3 aliphatic rings. The van der Waals surface area contributed by atoms with Crippen molar-refractivity contribution in [1.29, 1.82) is 0 Å². The van der Waals surface area contributed by atoms with E-state index in [1.807, 2.05) is 6.07 Å². The van der Waals surface area contributed by atoms with Gasteiger partial charge in [0.1, 0.15) is 0 Å². The number of pyridine rings is 1. The zero-order chi connectivity index (χ0) is 15.0. The minimum absolute atomic E-state index is 0.448. The molecule has 3 fully saturated rings. The summed E-state index contributed by atoms with van der Waals surface area (Å²) in [4.78, 5) is 6.78. The second-order valence-corrected chi connectivity index (χ2v) is 8.40. The Labute approximate surface area is 136 Å². The SMILES string of the molecule is COc1ncccc1CN1CC2(C[C@@H](OCC3CC3)CS2)C1. The van der Waals surface area contributed by atoms with Crippen molar-refractivity contribution in [1.82, 2.24) is 9.88 Å². The topological polar surface area (TPSA) is 34.6 Å². The van der Waals surface area contributed by atoms with Crippen molar-refractivity contribution in [2.45, 2.75) is 36.7 Å². The highest BCUT2D eigenvalue weighted by Crippen LogP contribution is 2.47. The Morgan fingerprint density at radius 1 is 1.41 bits per heavy atom. The normalized spacial score (nSPS) is 27.0. The van der Waals surface area contributed by atoms with Gasteiger partial charge in [-0.3, -0.25) is 4.90 Å². The van der Waals surface area contributed by atoms with Crippen LogP contribution in [0.3, 0.4) is 0 Å². The van der Waals surface area contributed by atoms with E-state index in [9.17, 15) is 0 Å². The Bertz CT molecular complexity index is 529. The molecule has 0 aromatic carbocycles. The molecule has 5 heteroatoms. The summed E-state index contributed by atoms with van der Waals surface area (Å²) in [6, 6.07) is 4.10. The van der Waals surface area contributed by atoms with E-state index in [1.54, 1.807) is 13.3 Å². The van der Waals surface area contributed by atoms with Crippen LogP contribution in [0, 0.1) is 5.92 Å². The molecule has 1 aliphatic carbocycles. The largest absolute Gasteiger partial charge is 0.481 e. The lowest BCUT2D eigenvalue weighted by Crippen LogP contribution is -2.58. The number of rotatable bonds is 6. The third kappa shape index (κ3) is 3.12. The number of hydrogen-bond acceptors (Lipinski definition) is 5. The second kappa shape index (κ2) is 6.02. The van der Waals surface area contributed by atoms with E-state index in [2.05, 4.69) is 27.7 Å². The van der Waals surface area contributed by atoms with E-state index in [0.29, 0.717) is 10.9 Å². The Kier molecular flexibility index (Phi) is 4.05. The van der Waals surface area contributed by atoms with Crippen LogP contribution in [0.4, 0.5) is 0 Å². The second-order valence-electron chi connectivity index (χ2n) is 6.91. The molecular formula is C17H24N2O2S. The zero-order valence-electron chi connectivity index (χ0n) is 13.2. The fourth-order valence-electron chi connectivity index (χ4n) is 3.54. The molecule has 2 aliphatic heterocycles. The summed E-state index contributed by atoms with van der Waals surface area (Å²) in [5.74, 6) is 2.81. The summed E-state index contributed by atoms with van der Waals surface area (Å²) in [5.41, 5.74) is 1.18. The van der Waals surface area contributed by atoms with Crippen molar-refractivity contribution >= 4 is 11.8 Å². The smallest absolute Gasteiger partial charge is 0.217 e. The molecule has 0 radical (unpaired) electrons. The fourth-order valence-corrected chi connectivity index (χ4v) is 5.14. The zero-order valence-corrected chi connectivity index (χ0v) is 14.0. The van der Waals surface area contributed by atoms with Gasteiger partial charge in [-0.05, 0) is 31.2 Å². The molecular weight excluding hydrogens is 296 g/mol. The van der Waals surface area contributed by atoms with Gasteiger partial charge in [-0.2, -0.15) is 0 Å². The summed E-state index contributed by atoms with van der Waals surface area (Å²) in [6.45, 7) is 4.27. The predicted molar refractivity (Wildman–Crippen MR) is 88.3 cm³/mol. The first-order valence-electron chi connectivity index (χ1n) is 8.22. The van der Waals surface area contributed by atoms with E-state index >= 15 is 0 Å². The van der Waals surface area contributed by atoms with Gasteiger partial charge in [0, 0.05) is 48.5 Å². The number of nitrogens with zero attached hydrogens (tertiary/aromatic N) is 2. The van der Waals surface area contributed by atoms with E-state index in [-0.39, 0.29) is 0 Å². The van der Waals surface area contributed by atoms with Crippen LogP contribution in [-0.4, -0.2) is 53.3 Å². The predicted octanol–water partition coefficient (Wildman–Crippen LogP) is 2.58. The van der Waals surface area contributed by atoms with Gasteiger partial charge in [0.05, 0.1) is 13.2 Å². The number of hydrogen-bond donors (Lipinski definition) is 0. The lowest BCUT2D eigenvalue weighted by Gasteiger charge is -2.47. The molecule has 1 aromatic heterocycles. The first-order valence-corrected chi connectivity index (χ1v) is 9.21. The summed E-state index contributed by atoms with van der Waals surface area (Å²) in [7, 11) is 1.69. The molecule has 0 N–H and O–H groups in total. The third-order valence-corrected chi connectivity index (χ3v) is 6.48. The molecule has 1 spiro atoms. The highest BCUT2D eigenvalue weighted by Gasteiger charge is 2.49. The first-order chi connectivity index (χ1) is 10.8. The van der Waals surface area contributed by atoms with Gasteiger partial charge in [-0.1, -0.05) is 6.07 Å². The first kappa shape index (κ1) is 14.8. The van der Waals surface area contributed by atoms with Crippen LogP contribution in [0.2, 0.25) is 0 Å². The minimum atomic E-state index is 0.448. The highest BCUT2D eigenvalue weighted by molar-refractivity contribution is 8.01. The quantitative estimate of drug-likeness (QED) is 0.805. The van der Waals surface area contributed by atoms with Crippen molar-refractivity contribution in [3.05, 3.63) is 23.9 Å². The molecule has 1 saturated carbocycles. The average molecular weight is 320 g/mol. The van der Waals surface area contributed by atoms with E-state index in [4.69, 9.17) is 9.47 Å². The van der Waals surface area contributed by atoms with Crippen LogP contribution in [0.5, 0.6) is 5.88 Å². The molecule has 22 heavy (non-hydrogen) atoms. The molecule has 2 saturated heterocycles. The summed E-state index contributed by atoms with van der Waals surface area (Å²) in [5, 5.41) is 0. The summed E-state index contributed by atoms with van der Waals surface area (Å²) < 4.78 is 11.9. The van der Waals surface area contributed by atoms with Crippen molar-refractivity contribution in [2.75, 3.05) is 32.6 Å². The van der Waals surface area contributed by atoms with Crippen LogP contribution >= 0.6 is 11.8 Å². The van der Waals surface area contributed by atoms with Crippen molar-refractivity contribution in [2.24, 2.45) is 5.92 Å². The molecule has 0 bridgehead atoms. The van der Waals surface area contributed by atoms with Gasteiger partial charge in [0.15, 0.2) is 0 Å². The van der Waals surface area contributed by atoms with Gasteiger partial charge >= 0.3 is 0 Å². The summed E-state index contributed by atoms with van der Waals surface area (Å²) in [6.07, 6.45) is 6.26. The molecule has 0 unspecified atom stereocenters. The maximum absolute atomic E-state index is 6.08. The number of methoxy groups -OCH3 is 1. The Balaban J connectivity index is 1.27. The van der Waals surface area contributed by atoms with E-state index < -0.39 is 0 Å². The lowest BCUT2D eigenvalue weighted by molar-refractivity contribution is 0.0303. The van der Waals surface area contributed by atoms with Crippen molar-refractivity contribution in [3.8, 4) is 5.88 Å². The fraction of sp³-hybridized carbons (Fsp3) is 0.706. The third-order valence-electron chi connectivity index (χ3n) is 4.90. The van der Waals surface area contributed by atoms with Gasteiger partial charge in [0.2, 0.25) is 5.88 Å². The average Bonchev–Trinajstić information content (AvgIpc) is 3.24. The Morgan fingerprint density at radius 3 is 3.05 bits per heavy atom. The van der Waals surface area contributed by atoms with Gasteiger partial charge in [0.25, 0.3) is 0 Å². The number of aromatic nitrogens is 1. The van der Waals surface area contributed by atoms with Crippen LogP contribution in [-0.2, 0) is 11.3 Å². The Hall–Kier alpha value is -0.780. The van der Waals surface area contributed by atoms with Gasteiger partial charge in [-0.15, -0.1) is 11.8 Å². The lowest BCUT2D eigenvalue weighted by atomic mass is 9.92. The molecule has 1 aromatic rings. The minimum Gasteiger partial charge on any atom is -0.481 e. The van der Waals surface area contributed by atoms with Crippen LogP contribution in [0.15, 0.2) is 18.3 Å². The molecule has 1 atom stereocenters. The van der Waals surface area contributed by atoms with Crippen molar-refractivity contribution < 1.29 is 9.47 Å². The number of thioether (sulfide) groups is 1. The van der Waals surface area contributed by atoms with Crippen molar-refractivity contribution in [3.63, 3.8) is 0 Å². The number of likely N-dealkylation sites (tertiary alicyclic amines) is 1. The highest BCUT2D eigenvalue weighted by atomic mass is 32.2. The van der Waals surface area contributed by atoms with Crippen LogP contribution < -0.4 is 4.74 Å². The monoisotopic (exact) mass is 320 g/mol. The van der Waals surface area contributed by atoms with Gasteiger partial charge < -0.3 is 9.47 Å². The van der Waals surface area contributed by atoms with Gasteiger partial charge in [-0.25, -0.2) is 4.98 Å². The molecule has 4 nitrogen and oxygen atoms in total. The number of ether oxygens (including phenoxy) is 2. The standard InChI is InChI=1S/C17H24N2O2S/c1-20-16-14(3-2-6-18-16)8-19-11-17(12-19)7-15(10-22-17)21-9-13-4-5-13/h2-3,6,13,15H,4-5,7-12H2,1H3/t15-/m1/s1. The molecule has 4 rings (SSSR count). The molecule has 120 valence electrons. The maximum atomic E-state index is 6.08. The van der Waals surface area contributed by atoms with E-state index in [1.165, 1.54) is 43.7 Å². The van der Waals surface area contributed by atoms with Crippen LogP contribution in [0.1, 0.15) is 24.8 Å². The molecule has 0 amide bonds. The molecule has 3 heterocycles. The van der Waals surface area contributed by atoms with Crippen LogP contribution in [0.25, 0.3) is 0 Å². The van der Waals surface area contributed by atoms with E-state index in [0.717, 1.165) is 24.9 Å². The Morgan fingerprint density at radius 2 is 2.27 bits per heavy atom. The maximum Gasteiger partial charge on any atom is 0.217 e.